The van der Waals surface area contributed by atoms with Crippen molar-refractivity contribution in [3.63, 3.8) is 0 Å². The van der Waals surface area contributed by atoms with Crippen LogP contribution in [0.3, 0.4) is 0 Å². The van der Waals surface area contributed by atoms with Crippen molar-refractivity contribution in [2.45, 2.75) is 44.9 Å². The van der Waals surface area contributed by atoms with E-state index in [2.05, 4.69) is 44.2 Å². The van der Waals surface area contributed by atoms with E-state index in [-0.39, 0.29) is 5.56 Å². The topological polar surface area (TPSA) is 104 Å². The normalized spacial score (nSPS) is 14.3. The van der Waals surface area contributed by atoms with Crippen LogP contribution in [0.15, 0.2) is 53.6 Å². The number of aromatic nitrogens is 4. The standard InChI is InChI=1S/C21H25N5O.C2HF3O2/c27-20-15-19(9-14-26-13-4-10-22-26)23-21(24-20)18-7-5-17(6-8-18)16-25-11-2-1-3-12-25;3-2(4,5)1(6)7/h4-8,10,13,15H,1-3,9,11-12,14,16H2,(H,23,24,27);(H,6,7). The van der Waals surface area contributed by atoms with Gasteiger partial charge in [-0.05, 0) is 37.6 Å². The monoisotopic (exact) mass is 477 g/mol. The molecule has 0 atom stereocenters. The number of aromatic amines is 1. The zero-order valence-corrected chi connectivity index (χ0v) is 18.5. The van der Waals surface area contributed by atoms with Crippen molar-refractivity contribution in [2.75, 3.05) is 13.1 Å². The molecule has 1 aliphatic rings. The maximum absolute atomic E-state index is 12.1. The summed E-state index contributed by atoms with van der Waals surface area (Å²) in [4.78, 5) is 31.0. The average molecular weight is 477 g/mol. The first-order valence-electron chi connectivity index (χ1n) is 10.9. The molecule has 1 aromatic carbocycles. The van der Waals surface area contributed by atoms with Gasteiger partial charge in [0.25, 0.3) is 5.56 Å². The number of alkyl halides is 3. The Balaban J connectivity index is 0.000000406. The average Bonchev–Trinajstić information content (AvgIpc) is 3.32. The predicted molar refractivity (Wildman–Crippen MR) is 119 cm³/mol. The Morgan fingerprint density at radius 1 is 1.12 bits per heavy atom. The lowest BCUT2D eigenvalue weighted by atomic mass is 10.1. The molecule has 0 radical (unpaired) electrons. The third-order valence-corrected chi connectivity index (χ3v) is 5.28. The number of H-pyrrole nitrogens is 1. The summed E-state index contributed by atoms with van der Waals surface area (Å²) in [5.41, 5.74) is 2.91. The highest BCUT2D eigenvalue weighted by Gasteiger charge is 2.38. The molecule has 11 heteroatoms. The van der Waals surface area contributed by atoms with Crippen LogP contribution in [-0.2, 0) is 24.3 Å². The molecule has 4 rings (SSSR count). The molecule has 1 fully saturated rings. The first kappa shape index (κ1) is 25.2. The number of piperidine rings is 1. The molecule has 34 heavy (non-hydrogen) atoms. The highest BCUT2D eigenvalue weighted by atomic mass is 19.4. The van der Waals surface area contributed by atoms with Gasteiger partial charge >= 0.3 is 12.1 Å². The van der Waals surface area contributed by atoms with E-state index in [1.165, 1.54) is 37.9 Å². The lowest BCUT2D eigenvalue weighted by Gasteiger charge is -2.26. The summed E-state index contributed by atoms with van der Waals surface area (Å²) in [6, 6.07) is 11.8. The van der Waals surface area contributed by atoms with E-state index < -0.39 is 12.1 Å². The van der Waals surface area contributed by atoms with E-state index in [0.717, 1.165) is 17.8 Å². The summed E-state index contributed by atoms with van der Waals surface area (Å²) < 4.78 is 33.6. The number of carbonyl (C=O) groups is 1. The summed E-state index contributed by atoms with van der Waals surface area (Å²) >= 11 is 0. The van der Waals surface area contributed by atoms with Crippen LogP contribution in [0.1, 0.15) is 30.5 Å². The Morgan fingerprint density at radius 3 is 2.38 bits per heavy atom. The van der Waals surface area contributed by atoms with Crippen LogP contribution < -0.4 is 5.56 Å². The maximum atomic E-state index is 12.1. The van der Waals surface area contributed by atoms with Gasteiger partial charge in [0.05, 0.1) is 5.69 Å². The SMILES string of the molecule is O=C(O)C(F)(F)F.O=c1cc(CCn2cccn2)nc(-c2ccc(CN3CCCCC3)cc2)[nH]1. The van der Waals surface area contributed by atoms with E-state index in [1.54, 1.807) is 12.3 Å². The van der Waals surface area contributed by atoms with Gasteiger partial charge in [0, 0.05) is 43.5 Å². The number of likely N-dealkylation sites (tertiary alicyclic amines) is 1. The number of rotatable bonds is 6. The van der Waals surface area contributed by atoms with Crippen molar-refractivity contribution in [3.05, 3.63) is 70.4 Å². The number of hydrogen-bond acceptors (Lipinski definition) is 5. The lowest BCUT2D eigenvalue weighted by Crippen LogP contribution is -2.29. The van der Waals surface area contributed by atoms with Gasteiger partial charge in [-0.3, -0.25) is 14.4 Å². The van der Waals surface area contributed by atoms with Crippen LogP contribution >= 0.6 is 0 Å². The fourth-order valence-corrected chi connectivity index (χ4v) is 3.58. The van der Waals surface area contributed by atoms with E-state index in [4.69, 9.17) is 9.90 Å². The largest absolute Gasteiger partial charge is 0.490 e. The number of benzene rings is 1. The van der Waals surface area contributed by atoms with Gasteiger partial charge in [-0.25, -0.2) is 9.78 Å². The predicted octanol–water partition coefficient (Wildman–Crippen LogP) is 3.50. The van der Waals surface area contributed by atoms with E-state index >= 15 is 0 Å². The first-order valence-corrected chi connectivity index (χ1v) is 10.9. The molecule has 2 N–H and O–H groups in total. The molecule has 0 saturated carbocycles. The minimum absolute atomic E-state index is 0.118. The molecule has 0 bridgehead atoms. The molecule has 0 aliphatic carbocycles. The molecule has 8 nitrogen and oxygen atoms in total. The van der Waals surface area contributed by atoms with Crippen LogP contribution in [0, 0.1) is 0 Å². The Kier molecular flexibility index (Phi) is 8.58. The van der Waals surface area contributed by atoms with Crippen molar-refractivity contribution in [1.29, 1.82) is 0 Å². The third kappa shape index (κ3) is 7.84. The van der Waals surface area contributed by atoms with E-state index in [0.29, 0.717) is 18.8 Å². The van der Waals surface area contributed by atoms with Crippen LogP contribution in [0.25, 0.3) is 11.4 Å². The summed E-state index contributed by atoms with van der Waals surface area (Å²) in [6.45, 7) is 4.08. The maximum Gasteiger partial charge on any atom is 0.490 e. The summed E-state index contributed by atoms with van der Waals surface area (Å²) in [5.74, 6) is -2.13. The summed E-state index contributed by atoms with van der Waals surface area (Å²) in [6.07, 6.45) is 3.21. The van der Waals surface area contributed by atoms with Gasteiger partial charge in [0.1, 0.15) is 5.82 Å². The lowest BCUT2D eigenvalue weighted by molar-refractivity contribution is -0.192. The fourth-order valence-electron chi connectivity index (χ4n) is 3.58. The molecule has 182 valence electrons. The Morgan fingerprint density at radius 2 is 1.79 bits per heavy atom. The van der Waals surface area contributed by atoms with Gasteiger partial charge < -0.3 is 10.1 Å². The van der Waals surface area contributed by atoms with Crippen LogP contribution in [0.5, 0.6) is 0 Å². The van der Waals surface area contributed by atoms with Gasteiger partial charge in [-0.1, -0.05) is 30.7 Å². The fraction of sp³-hybridized carbons (Fsp3) is 0.391. The molecule has 0 spiro atoms. The smallest absolute Gasteiger partial charge is 0.475 e. The molecule has 0 unspecified atom stereocenters. The number of aliphatic carboxylic acids is 1. The van der Waals surface area contributed by atoms with E-state index in [9.17, 15) is 18.0 Å². The van der Waals surface area contributed by atoms with Crippen molar-refractivity contribution in [1.82, 2.24) is 24.6 Å². The third-order valence-electron chi connectivity index (χ3n) is 5.28. The van der Waals surface area contributed by atoms with Crippen molar-refractivity contribution in [2.24, 2.45) is 0 Å². The molecule has 3 heterocycles. The minimum atomic E-state index is -5.08. The summed E-state index contributed by atoms with van der Waals surface area (Å²) in [5, 5.41) is 11.3. The number of aryl methyl sites for hydroxylation is 2. The molecular formula is C23H26F3N5O3. The van der Waals surface area contributed by atoms with Crippen molar-refractivity contribution >= 4 is 5.97 Å². The highest BCUT2D eigenvalue weighted by molar-refractivity contribution is 5.73. The summed E-state index contributed by atoms with van der Waals surface area (Å²) in [7, 11) is 0. The number of carboxylic acid groups (broad SMARTS) is 1. The van der Waals surface area contributed by atoms with Gasteiger partial charge in [-0.15, -0.1) is 0 Å². The number of halogens is 3. The Labute approximate surface area is 194 Å². The molecule has 1 aliphatic heterocycles. The quantitative estimate of drug-likeness (QED) is 0.563. The number of hydrogen-bond donors (Lipinski definition) is 2. The van der Waals surface area contributed by atoms with Gasteiger partial charge in [0.15, 0.2) is 0 Å². The second-order valence-electron chi connectivity index (χ2n) is 7.94. The number of carboxylic acids is 1. The highest BCUT2D eigenvalue weighted by Crippen LogP contribution is 2.18. The van der Waals surface area contributed by atoms with Crippen LogP contribution in [0.4, 0.5) is 13.2 Å². The van der Waals surface area contributed by atoms with Crippen molar-refractivity contribution < 1.29 is 23.1 Å². The second kappa shape index (κ2) is 11.6. The Bertz CT molecular complexity index is 1110. The second-order valence-corrected chi connectivity index (χ2v) is 7.94. The molecular weight excluding hydrogens is 451 g/mol. The Hall–Kier alpha value is -3.47. The van der Waals surface area contributed by atoms with Crippen molar-refractivity contribution in [3.8, 4) is 11.4 Å². The van der Waals surface area contributed by atoms with Crippen LogP contribution in [0.2, 0.25) is 0 Å². The zero-order valence-electron chi connectivity index (χ0n) is 18.5. The molecule has 3 aromatic rings. The zero-order chi connectivity index (χ0) is 24.6. The van der Waals surface area contributed by atoms with Gasteiger partial charge in [-0.2, -0.15) is 18.3 Å². The van der Waals surface area contributed by atoms with Crippen LogP contribution in [-0.4, -0.2) is 55.0 Å². The number of nitrogens with zero attached hydrogens (tertiary/aromatic N) is 4. The minimum Gasteiger partial charge on any atom is -0.475 e. The van der Waals surface area contributed by atoms with E-state index in [1.807, 2.05) is 16.9 Å². The molecule has 0 amide bonds. The molecule has 1 saturated heterocycles. The first-order chi connectivity index (χ1) is 16.2. The number of nitrogens with one attached hydrogen (secondary N) is 1. The molecule has 2 aromatic heterocycles. The van der Waals surface area contributed by atoms with Gasteiger partial charge in [0.2, 0.25) is 0 Å².